The Bertz CT molecular complexity index is 300. The van der Waals surface area contributed by atoms with Gasteiger partial charge in [0.15, 0.2) is 0 Å². The van der Waals surface area contributed by atoms with E-state index >= 15 is 0 Å². The SMILES string of the molecule is CCCCCCCC[C]([SnH3])=C(CCCCCCCC)CCCCCCCC. The molecular formula is C26H54Sn. The monoisotopic (exact) mass is 486 g/mol. The summed E-state index contributed by atoms with van der Waals surface area (Å²) in [5.74, 6) is 0. The van der Waals surface area contributed by atoms with E-state index in [2.05, 4.69) is 20.8 Å². The molecule has 0 aliphatic rings. The Labute approximate surface area is 186 Å². The molecule has 0 aromatic carbocycles. The van der Waals surface area contributed by atoms with Gasteiger partial charge >= 0.3 is 187 Å². The molecule has 0 aromatic heterocycles. The van der Waals surface area contributed by atoms with Crippen LogP contribution in [0.1, 0.15) is 156 Å². The summed E-state index contributed by atoms with van der Waals surface area (Å²) in [5, 5.41) is 0. The van der Waals surface area contributed by atoms with Gasteiger partial charge in [0.05, 0.1) is 0 Å². The molecule has 27 heavy (non-hydrogen) atoms. The summed E-state index contributed by atoms with van der Waals surface area (Å²) in [6, 6.07) is 0. The first-order valence-corrected chi connectivity index (χ1v) is 15.8. The second-order valence-corrected chi connectivity index (χ2v) is 12.4. The van der Waals surface area contributed by atoms with Crippen LogP contribution in [0.5, 0.6) is 0 Å². The van der Waals surface area contributed by atoms with Gasteiger partial charge in [-0.25, -0.2) is 0 Å². The number of unbranched alkanes of at least 4 members (excludes halogenated alkanes) is 15. The second kappa shape index (κ2) is 22.8. The summed E-state index contributed by atoms with van der Waals surface area (Å²) in [4.78, 5) is 0. The van der Waals surface area contributed by atoms with Crippen LogP contribution in [-0.2, 0) is 0 Å². The molecule has 0 bridgehead atoms. The Morgan fingerprint density at radius 3 is 1.07 bits per heavy atom. The van der Waals surface area contributed by atoms with Gasteiger partial charge in [0.25, 0.3) is 0 Å². The summed E-state index contributed by atoms with van der Waals surface area (Å²) in [5.41, 5.74) is 1.94. The summed E-state index contributed by atoms with van der Waals surface area (Å²) < 4.78 is 1.97. The van der Waals surface area contributed by atoms with Gasteiger partial charge in [-0.05, 0) is 0 Å². The Morgan fingerprint density at radius 2 is 0.704 bits per heavy atom. The fraction of sp³-hybridized carbons (Fsp3) is 0.923. The van der Waals surface area contributed by atoms with E-state index in [9.17, 15) is 0 Å². The van der Waals surface area contributed by atoms with E-state index in [0.29, 0.717) is 0 Å². The van der Waals surface area contributed by atoms with Crippen LogP contribution in [0.3, 0.4) is 0 Å². The van der Waals surface area contributed by atoms with Crippen LogP contribution in [0.15, 0.2) is 9.16 Å². The summed E-state index contributed by atoms with van der Waals surface area (Å²) >= 11 is 0.728. The minimum absolute atomic E-state index is 0.728. The molecule has 0 unspecified atom stereocenters. The molecule has 0 aliphatic carbocycles. The van der Waals surface area contributed by atoms with Crippen LogP contribution in [0, 0.1) is 0 Å². The Kier molecular flexibility index (Phi) is 23.3. The molecule has 0 radical (unpaired) electrons. The van der Waals surface area contributed by atoms with Gasteiger partial charge in [0.2, 0.25) is 0 Å². The Balaban J connectivity index is 4.16. The zero-order chi connectivity index (χ0) is 20.0. The molecule has 0 spiro atoms. The third-order valence-electron chi connectivity index (χ3n) is 6.17. The summed E-state index contributed by atoms with van der Waals surface area (Å²) in [6.07, 6.45) is 30.4. The molecule has 0 N–H and O–H groups in total. The first-order valence-electron chi connectivity index (χ1n) is 12.9. The quantitative estimate of drug-likeness (QED) is 0.113. The van der Waals surface area contributed by atoms with E-state index in [1.807, 2.05) is 9.16 Å². The molecule has 0 saturated heterocycles. The van der Waals surface area contributed by atoms with Crippen molar-refractivity contribution in [3.05, 3.63) is 9.16 Å². The van der Waals surface area contributed by atoms with Crippen LogP contribution < -0.4 is 0 Å². The van der Waals surface area contributed by atoms with Crippen molar-refractivity contribution in [2.24, 2.45) is 0 Å². The van der Waals surface area contributed by atoms with Gasteiger partial charge in [0, 0.05) is 0 Å². The molecule has 0 amide bonds. The fourth-order valence-corrected chi connectivity index (χ4v) is 6.57. The van der Waals surface area contributed by atoms with Gasteiger partial charge in [0.1, 0.15) is 0 Å². The third-order valence-corrected chi connectivity index (χ3v) is 9.62. The van der Waals surface area contributed by atoms with Crippen molar-refractivity contribution >= 4 is 22.5 Å². The van der Waals surface area contributed by atoms with Crippen LogP contribution in [0.25, 0.3) is 0 Å². The van der Waals surface area contributed by atoms with Crippen molar-refractivity contribution < 1.29 is 0 Å². The van der Waals surface area contributed by atoms with Crippen molar-refractivity contribution in [2.45, 2.75) is 156 Å². The van der Waals surface area contributed by atoms with E-state index in [0.717, 1.165) is 22.5 Å². The van der Waals surface area contributed by atoms with Gasteiger partial charge in [-0.3, -0.25) is 0 Å². The molecular weight excluding hydrogens is 431 g/mol. The molecule has 162 valence electrons. The Hall–Kier alpha value is 0.539. The van der Waals surface area contributed by atoms with Crippen LogP contribution >= 0.6 is 0 Å². The van der Waals surface area contributed by atoms with Gasteiger partial charge in [-0.1, -0.05) is 0 Å². The number of allylic oxidation sites excluding steroid dienone is 2. The zero-order valence-corrected chi connectivity index (χ0v) is 25.6. The molecule has 0 aromatic rings. The Morgan fingerprint density at radius 1 is 0.407 bits per heavy atom. The summed E-state index contributed by atoms with van der Waals surface area (Å²) in [6.45, 7) is 6.96. The average Bonchev–Trinajstić information content (AvgIpc) is 2.68. The molecule has 0 fully saturated rings. The van der Waals surface area contributed by atoms with E-state index in [1.54, 1.807) is 0 Å². The van der Waals surface area contributed by atoms with E-state index in [1.165, 1.54) is 135 Å². The van der Waals surface area contributed by atoms with Gasteiger partial charge < -0.3 is 0 Å². The molecule has 0 saturated carbocycles. The number of hydrogen-bond acceptors (Lipinski definition) is 0. The van der Waals surface area contributed by atoms with Crippen LogP contribution in [0.4, 0.5) is 0 Å². The average molecular weight is 485 g/mol. The molecule has 0 aliphatic heterocycles. The van der Waals surface area contributed by atoms with Crippen molar-refractivity contribution in [1.82, 2.24) is 0 Å². The zero-order valence-electron chi connectivity index (χ0n) is 19.8. The molecule has 0 rings (SSSR count). The van der Waals surface area contributed by atoms with Gasteiger partial charge in [-0.2, -0.15) is 0 Å². The van der Waals surface area contributed by atoms with E-state index in [4.69, 9.17) is 0 Å². The molecule has 0 atom stereocenters. The molecule has 0 heterocycles. The topological polar surface area (TPSA) is 0 Å². The maximum absolute atomic E-state index is 2.32. The standard InChI is InChI=1S/C26H51.Sn.3H/c1-4-7-10-13-16-19-22-25-26(23-20-17-14-11-8-5-2)24-21-18-15-12-9-6-3;;;;/h4-24H2,1-3H3;;;;. The maximum atomic E-state index is 2.32. The van der Waals surface area contributed by atoms with Crippen molar-refractivity contribution in [3.8, 4) is 0 Å². The van der Waals surface area contributed by atoms with Crippen molar-refractivity contribution in [2.75, 3.05) is 0 Å². The first-order chi connectivity index (χ1) is 13.3. The number of hydrogen-bond donors (Lipinski definition) is 0. The number of rotatable bonds is 21. The molecule has 1 heteroatoms. The summed E-state index contributed by atoms with van der Waals surface area (Å²) in [7, 11) is 0. The van der Waals surface area contributed by atoms with Crippen LogP contribution in [0.2, 0.25) is 0 Å². The van der Waals surface area contributed by atoms with E-state index < -0.39 is 0 Å². The van der Waals surface area contributed by atoms with Crippen molar-refractivity contribution in [3.63, 3.8) is 0 Å². The fourth-order valence-electron chi connectivity index (χ4n) is 4.14. The predicted octanol–water partition coefficient (Wildman–Crippen LogP) is 8.86. The van der Waals surface area contributed by atoms with E-state index in [-0.39, 0.29) is 0 Å². The first kappa shape index (κ1) is 27.5. The van der Waals surface area contributed by atoms with Crippen molar-refractivity contribution in [1.29, 1.82) is 0 Å². The van der Waals surface area contributed by atoms with Gasteiger partial charge in [-0.15, -0.1) is 0 Å². The second-order valence-electron chi connectivity index (χ2n) is 8.94. The predicted molar refractivity (Wildman–Crippen MR) is 131 cm³/mol. The molecule has 0 nitrogen and oxygen atoms in total. The minimum atomic E-state index is 0.728. The third kappa shape index (κ3) is 19.6. The van der Waals surface area contributed by atoms with Crippen LogP contribution in [-0.4, -0.2) is 22.5 Å². The normalized spacial score (nSPS) is 11.2.